The average molecular weight is 308 g/mol. The van der Waals surface area contributed by atoms with Crippen LogP contribution in [0.25, 0.3) is 0 Å². The number of amides is 1. The molecule has 0 saturated carbocycles. The first-order valence-electron chi connectivity index (χ1n) is 8.29. The second kappa shape index (κ2) is 6.45. The lowest BCUT2D eigenvalue weighted by Crippen LogP contribution is -2.44. The lowest BCUT2D eigenvalue weighted by atomic mass is 10.0. The van der Waals surface area contributed by atoms with Crippen LogP contribution in [0.1, 0.15) is 30.0 Å². The normalized spacial score (nSPS) is 15.0. The highest BCUT2D eigenvalue weighted by Gasteiger charge is 2.25. The molecule has 3 nitrogen and oxygen atoms in total. The molecule has 3 rings (SSSR count). The third-order valence-corrected chi connectivity index (χ3v) is 4.64. The summed E-state index contributed by atoms with van der Waals surface area (Å²) < 4.78 is 0. The van der Waals surface area contributed by atoms with Gasteiger partial charge in [-0.25, -0.2) is 0 Å². The van der Waals surface area contributed by atoms with Crippen LogP contribution in [0.2, 0.25) is 0 Å². The maximum absolute atomic E-state index is 12.9. The van der Waals surface area contributed by atoms with Gasteiger partial charge in [0.05, 0.1) is 0 Å². The highest BCUT2D eigenvalue weighted by molar-refractivity contribution is 5.99. The number of para-hydroxylation sites is 1. The van der Waals surface area contributed by atoms with Crippen molar-refractivity contribution in [2.45, 2.75) is 39.7 Å². The van der Waals surface area contributed by atoms with Gasteiger partial charge in [0.1, 0.15) is 6.04 Å². The molecule has 1 aliphatic heterocycles. The van der Waals surface area contributed by atoms with Crippen LogP contribution in [0.4, 0.5) is 11.4 Å². The first kappa shape index (κ1) is 15.6. The van der Waals surface area contributed by atoms with Gasteiger partial charge < -0.3 is 10.2 Å². The van der Waals surface area contributed by atoms with Crippen molar-refractivity contribution in [2.24, 2.45) is 0 Å². The molecular formula is C20H24N2O. The first-order chi connectivity index (χ1) is 11.1. The van der Waals surface area contributed by atoms with Gasteiger partial charge in [0.25, 0.3) is 0 Å². The number of fused-ring (bicyclic) bond motifs is 1. The number of benzene rings is 2. The highest BCUT2D eigenvalue weighted by atomic mass is 16.2. The van der Waals surface area contributed by atoms with Crippen LogP contribution in [0, 0.1) is 13.8 Å². The van der Waals surface area contributed by atoms with E-state index in [1.165, 1.54) is 16.7 Å². The standard InChI is InChI=1S/C20H24N2O/c1-14-10-11-18(13-15(14)2)21-16(3)20(23)22-12-6-8-17-7-4-5-9-19(17)22/h4-5,7,9-11,13,16,21H,6,8,12H2,1-3H3. The zero-order valence-electron chi connectivity index (χ0n) is 14.1. The maximum Gasteiger partial charge on any atom is 0.249 e. The number of hydrogen-bond acceptors (Lipinski definition) is 2. The molecule has 23 heavy (non-hydrogen) atoms. The second-order valence-corrected chi connectivity index (χ2v) is 6.39. The number of aryl methyl sites for hydroxylation is 3. The van der Waals surface area contributed by atoms with Crippen molar-refractivity contribution in [3.05, 3.63) is 59.2 Å². The van der Waals surface area contributed by atoms with Gasteiger partial charge in [-0.2, -0.15) is 0 Å². The van der Waals surface area contributed by atoms with Gasteiger partial charge in [0.15, 0.2) is 0 Å². The van der Waals surface area contributed by atoms with Crippen molar-refractivity contribution >= 4 is 17.3 Å². The molecule has 2 aromatic carbocycles. The third-order valence-electron chi connectivity index (χ3n) is 4.64. The number of anilines is 2. The molecular weight excluding hydrogens is 284 g/mol. The minimum Gasteiger partial charge on any atom is -0.374 e. The largest absolute Gasteiger partial charge is 0.374 e. The van der Waals surface area contributed by atoms with E-state index in [1.54, 1.807) is 0 Å². The SMILES string of the molecule is Cc1ccc(NC(C)C(=O)N2CCCc3ccccc32)cc1C. The predicted octanol–water partition coefficient (Wildman–Crippen LogP) is 4.08. The molecule has 3 heteroatoms. The van der Waals surface area contributed by atoms with Crippen LogP contribution >= 0.6 is 0 Å². The van der Waals surface area contributed by atoms with Crippen molar-refractivity contribution < 1.29 is 4.79 Å². The van der Waals surface area contributed by atoms with Crippen molar-refractivity contribution in [3.8, 4) is 0 Å². The third kappa shape index (κ3) is 3.24. The summed E-state index contributed by atoms with van der Waals surface area (Å²) in [5, 5.41) is 3.35. The Morgan fingerprint density at radius 3 is 2.70 bits per heavy atom. The molecule has 1 N–H and O–H groups in total. The Hall–Kier alpha value is -2.29. The fraction of sp³-hybridized carbons (Fsp3) is 0.350. The first-order valence-corrected chi connectivity index (χ1v) is 8.29. The minimum atomic E-state index is -0.247. The summed E-state index contributed by atoms with van der Waals surface area (Å²) in [6.07, 6.45) is 2.08. The summed E-state index contributed by atoms with van der Waals surface area (Å²) in [6.45, 7) is 6.93. The zero-order chi connectivity index (χ0) is 16.4. The summed E-state index contributed by atoms with van der Waals surface area (Å²) in [5.41, 5.74) is 5.83. The van der Waals surface area contributed by atoms with E-state index >= 15 is 0 Å². The van der Waals surface area contributed by atoms with Crippen molar-refractivity contribution in [3.63, 3.8) is 0 Å². The molecule has 1 atom stereocenters. The Bertz CT molecular complexity index is 723. The molecule has 0 fully saturated rings. The number of carbonyl (C=O) groups is 1. The summed E-state index contributed by atoms with van der Waals surface area (Å²) in [6, 6.07) is 14.2. The average Bonchev–Trinajstić information content (AvgIpc) is 2.57. The van der Waals surface area contributed by atoms with Gasteiger partial charge in [0, 0.05) is 17.9 Å². The Kier molecular flexibility index (Phi) is 4.37. The molecule has 1 heterocycles. The number of rotatable bonds is 3. The van der Waals surface area contributed by atoms with Crippen LogP contribution in [0.5, 0.6) is 0 Å². The van der Waals surface area contributed by atoms with Crippen LogP contribution in [0.15, 0.2) is 42.5 Å². The van der Waals surface area contributed by atoms with Crippen LogP contribution < -0.4 is 10.2 Å². The quantitative estimate of drug-likeness (QED) is 0.926. The molecule has 120 valence electrons. The van der Waals surface area contributed by atoms with Gasteiger partial charge in [-0.1, -0.05) is 24.3 Å². The monoisotopic (exact) mass is 308 g/mol. The Morgan fingerprint density at radius 1 is 1.13 bits per heavy atom. The number of nitrogens with zero attached hydrogens (tertiary/aromatic N) is 1. The number of nitrogens with one attached hydrogen (secondary N) is 1. The molecule has 0 aliphatic carbocycles. The van der Waals surface area contributed by atoms with E-state index in [0.717, 1.165) is 30.8 Å². The highest BCUT2D eigenvalue weighted by Crippen LogP contribution is 2.27. The Labute approximate surface area is 138 Å². The molecule has 2 aromatic rings. The summed E-state index contributed by atoms with van der Waals surface area (Å²) in [4.78, 5) is 14.8. The van der Waals surface area contributed by atoms with E-state index in [-0.39, 0.29) is 11.9 Å². The Morgan fingerprint density at radius 2 is 1.91 bits per heavy atom. The van der Waals surface area contributed by atoms with Crippen molar-refractivity contribution in [2.75, 3.05) is 16.8 Å². The molecule has 0 saturated heterocycles. The zero-order valence-corrected chi connectivity index (χ0v) is 14.1. The van der Waals surface area contributed by atoms with Gasteiger partial charge in [-0.05, 0) is 68.5 Å². The molecule has 0 bridgehead atoms. The van der Waals surface area contributed by atoms with E-state index in [0.29, 0.717) is 0 Å². The molecule has 0 spiro atoms. The second-order valence-electron chi connectivity index (χ2n) is 6.39. The minimum absolute atomic E-state index is 0.135. The van der Waals surface area contributed by atoms with Crippen LogP contribution in [0.3, 0.4) is 0 Å². The molecule has 1 amide bonds. The van der Waals surface area contributed by atoms with Crippen molar-refractivity contribution in [1.82, 2.24) is 0 Å². The fourth-order valence-corrected chi connectivity index (χ4v) is 3.14. The smallest absolute Gasteiger partial charge is 0.249 e. The van der Waals surface area contributed by atoms with Gasteiger partial charge in [-0.15, -0.1) is 0 Å². The molecule has 1 unspecified atom stereocenters. The van der Waals surface area contributed by atoms with E-state index in [4.69, 9.17) is 0 Å². The van der Waals surface area contributed by atoms with Crippen molar-refractivity contribution in [1.29, 1.82) is 0 Å². The maximum atomic E-state index is 12.9. The van der Waals surface area contributed by atoms with Gasteiger partial charge >= 0.3 is 0 Å². The predicted molar refractivity (Wildman–Crippen MR) is 96.1 cm³/mol. The summed E-state index contributed by atoms with van der Waals surface area (Å²) in [7, 11) is 0. The summed E-state index contributed by atoms with van der Waals surface area (Å²) >= 11 is 0. The van der Waals surface area contributed by atoms with Gasteiger partial charge in [0.2, 0.25) is 5.91 Å². The van der Waals surface area contributed by atoms with E-state index < -0.39 is 0 Å². The van der Waals surface area contributed by atoms with Crippen LogP contribution in [-0.4, -0.2) is 18.5 Å². The molecule has 1 aliphatic rings. The Balaban J connectivity index is 1.76. The lowest BCUT2D eigenvalue weighted by Gasteiger charge is -2.32. The fourth-order valence-electron chi connectivity index (χ4n) is 3.14. The van der Waals surface area contributed by atoms with Gasteiger partial charge in [-0.3, -0.25) is 4.79 Å². The van der Waals surface area contributed by atoms with E-state index in [1.807, 2.05) is 30.0 Å². The summed E-state index contributed by atoms with van der Waals surface area (Å²) in [5.74, 6) is 0.135. The number of hydrogen-bond donors (Lipinski definition) is 1. The number of carbonyl (C=O) groups excluding carboxylic acids is 1. The topological polar surface area (TPSA) is 32.3 Å². The lowest BCUT2D eigenvalue weighted by molar-refractivity contribution is -0.119. The van der Waals surface area contributed by atoms with E-state index in [2.05, 4.69) is 43.4 Å². The molecule has 0 radical (unpaired) electrons. The van der Waals surface area contributed by atoms with Crippen LogP contribution in [-0.2, 0) is 11.2 Å². The van der Waals surface area contributed by atoms with E-state index in [9.17, 15) is 4.79 Å². The molecule has 0 aromatic heterocycles.